The van der Waals surface area contributed by atoms with Gasteiger partial charge in [-0.2, -0.15) is 0 Å². The van der Waals surface area contributed by atoms with Crippen molar-refractivity contribution >= 4 is 39.1 Å². The molecule has 0 saturated heterocycles. The van der Waals surface area contributed by atoms with Gasteiger partial charge in [-0.1, -0.05) is 45.0 Å². The number of amides is 2. The minimum absolute atomic E-state index is 0.0290. The molecule has 0 aliphatic carbocycles. The molecule has 3 rings (SSSR count). The summed E-state index contributed by atoms with van der Waals surface area (Å²) in [5, 5.41) is 2.80. The summed E-state index contributed by atoms with van der Waals surface area (Å²) in [7, 11) is 0. The SMILES string of the molecule is CCN(C(=O)c1ccc(NC(=O)COc2ccc(C(C)(C)C)cc2Br)cc1)c1ccccc1. The third kappa shape index (κ3) is 6.45. The molecule has 0 aliphatic heterocycles. The van der Waals surface area contributed by atoms with E-state index in [1.54, 1.807) is 29.2 Å². The molecule has 172 valence electrons. The van der Waals surface area contributed by atoms with Crippen LogP contribution in [0.15, 0.2) is 77.3 Å². The van der Waals surface area contributed by atoms with Crippen molar-refractivity contribution in [2.45, 2.75) is 33.1 Å². The van der Waals surface area contributed by atoms with E-state index in [-0.39, 0.29) is 23.8 Å². The zero-order valence-corrected chi connectivity index (χ0v) is 21.0. The minimum atomic E-state index is -0.277. The van der Waals surface area contributed by atoms with Crippen LogP contribution in [0.5, 0.6) is 5.75 Å². The van der Waals surface area contributed by atoms with Gasteiger partial charge < -0.3 is 15.0 Å². The smallest absolute Gasteiger partial charge is 0.262 e. The van der Waals surface area contributed by atoms with E-state index < -0.39 is 0 Å². The Kier molecular flexibility index (Phi) is 7.92. The standard InChI is InChI=1S/C27H29BrN2O3/c1-5-30(22-9-7-6-8-10-22)26(32)19-11-14-21(15-12-19)29-25(31)18-33-24-16-13-20(17-23(24)28)27(2,3)4/h6-17H,5,18H2,1-4H3,(H,29,31). The molecule has 2 amide bonds. The summed E-state index contributed by atoms with van der Waals surface area (Å²) in [6, 6.07) is 22.3. The molecule has 0 atom stereocenters. The van der Waals surface area contributed by atoms with E-state index in [2.05, 4.69) is 42.0 Å². The summed E-state index contributed by atoms with van der Waals surface area (Å²) in [6.07, 6.45) is 0. The number of anilines is 2. The van der Waals surface area contributed by atoms with Crippen molar-refractivity contribution in [2.24, 2.45) is 0 Å². The van der Waals surface area contributed by atoms with Crippen LogP contribution in [-0.4, -0.2) is 25.0 Å². The van der Waals surface area contributed by atoms with E-state index in [0.29, 0.717) is 23.5 Å². The number of nitrogens with zero attached hydrogens (tertiary/aromatic N) is 1. The molecule has 5 nitrogen and oxygen atoms in total. The summed E-state index contributed by atoms with van der Waals surface area (Å²) in [4.78, 5) is 27.0. The number of carbonyl (C=O) groups is 2. The highest BCUT2D eigenvalue weighted by molar-refractivity contribution is 9.10. The Morgan fingerprint density at radius 2 is 1.64 bits per heavy atom. The van der Waals surface area contributed by atoms with Crippen molar-refractivity contribution in [3.63, 3.8) is 0 Å². The van der Waals surface area contributed by atoms with Gasteiger partial charge in [0.15, 0.2) is 6.61 Å². The van der Waals surface area contributed by atoms with Gasteiger partial charge in [-0.3, -0.25) is 9.59 Å². The second-order valence-corrected chi connectivity index (χ2v) is 9.55. The van der Waals surface area contributed by atoms with Crippen molar-refractivity contribution in [1.82, 2.24) is 0 Å². The van der Waals surface area contributed by atoms with Crippen molar-refractivity contribution in [3.05, 3.63) is 88.4 Å². The molecule has 0 spiro atoms. The number of halogens is 1. The molecule has 0 heterocycles. The van der Waals surface area contributed by atoms with Crippen LogP contribution in [0.1, 0.15) is 43.6 Å². The average molecular weight is 509 g/mol. The van der Waals surface area contributed by atoms with Crippen LogP contribution in [0.25, 0.3) is 0 Å². The first-order chi connectivity index (χ1) is 15.7. The highest BCUT2D eigenvalue weighted by Gasteiger charge is 2.17. The predicted octanol–water partition coefficient (Wildman–Crippen LogP) is 6.43. The minimum Gasteiger partial charge on any atom is -0.483 e. The van der Waals surface area contributed by atoms with Crippen LogP contribution in [0.3, 0.4) is 0 Å². The van der Waals surface area contributed by atoms with Gasteiger partial charge in [-0.15, -0.1) is 0 Å². The molecule has 3 aromatic carbocycles. The van der Waals surface area contributed by atoms with Crippen LogP contribution in [-0.2, 0) is 10.2 Å². The number of rotatable bonds is 7. The van der Waals surface area contributed by atoms with E-state index >= 15 is 0 Å². The second kappa shape index (κ2) is 10.7. The van der Waals surface area contributed by atoms with Gasteiger partial charge in [0.1, 0.15) is 5.75 Å². The first kappa shape index (κ1) is 24.5. The Bertz CT molecular complexity index is 1110. The molecule has 0 bridgehead atoms. The fourth-order valence-corrected chi connectivity index (χ4v) is 3.82. The van der Waals surface area contributed by atoms with Gasteiger partial charge in [-0.05, 0) is 82.4 Å². The number of nitrogens with one attached hydrogen (secondary N) is 1. The van der Waals surface area contributed by atoms with Crippen LogP contribution in [0.2, 0.25) is 0 Å². The fourth-order valence-electron chi connectivity index (χ4n) is 3.33. The number of carbonyl (C=O) groups excluding carboxylic acids is 2. The molecular weight excluding hydrogens is 480 g/mol. The lowest BCUT2D eigenvalue weighted by molar-refractivity contribution is -0.118. The van der Waals surface area contributed by atoms with E-state index in [0.717, 1.165) is 10.2 Å². The van der Waals surface area contributed by atoms with E-state index in [1.165, 1.54) is 5.56 Å². The maximum absolute atomic E-state index is 12.9. The van der Waals surface area contributed by atoms with Crippen molar-refractivity contribution in [1.29, 1.82) is 0 Å². The predicted molar refractivity (Wildman–Crippen MR) is 137 cm³/mol. The molecule has 0 fully saturated rings. The molecule has 6 heteroatoms. The maximum Gasteiger partial charge on any atom is 0.262 e. The van der Waals surface area contributed by atoms with Crippen LogP contribution in [0, 0.1) is 0 Å². The maximum atomic E-state index is 12.9. The molecule has 0 radical (unpaired) electrons. The van der Waals surface area contributed by atoms with Gasteiger partial charge >= 0.3 is 0 Å². The van der Waals surface area contributed by atoms with Gasteiger partial charge in [0, 0.05) is 23.5 Å². The van der Waals surface area contributed by atoms with E-state index in [4.69, 9.17) is 4.74 Å². The Labute approximate surface area is 203 Å². The van der Waals surface area contributed by atoms with Crippen LogP contribution >= 0.6 is 15.9 Å². The van der Waals surface area contributed by atoms with Crippen molar-refractivity contribution in [2.75, 3.05) is 23.4 Å². The van der Waals surface area contributed by atoms with Gasteiger partial charge in [0.2, 0.25) is 0 Å². The number of hydrogen-bond donors (Lipinski definition) is 1. The highest BCUT2D eigenvalue weighted by Crippen LogP contribution is 2.31. The third-order valence-corrected chi connectivity index (χ3v) is 5.82. The average Bonchev–Trinajstić information content (AvgIpc) is 2.79. The number of hydrogen-bond acceptors (Lipinski definition) is 3. The lowest BCUT2D eigenvalue weighted by Gasteiger charge is -2.21. The van der Waals surface area contributed by atoms with Gasteiger partial charge in [0.05, 0.1) is 4.47 Å². The lowest BCUT2D eigenvalue weighted by atomic mass is 9.87. The van der Waals surface area contributed by atoms with Gasteiger partial charge in [-0.25, -0.2) is 0 Å². The number of para-hydroxylation sites is 1. The van der Waals surface area contributed by atoms with Gasteiger partial charge in [0.25, 0.3) is 11.8 Å². The fraction of sp³-hybridized carbons (Fsp3) is 0.259. The number of benzene rings is 3. The Morgan fingerprint density at radius 1 is 0.970 bits per heavy atom. The zero-order valence-electron chi connectivity index (χ0n) is 19.4. The van der Waals surface area contributed by atoms with E-state index in [1.807, 2.05) is 55.5 Å². The molecule has 33 heavy (non-hydrogen) atoms. The molecule has 0 aromatic heterocycles. The summed E-state index contributed by atoms with van der Waals surface area (Å²) in [6.45, 7) is 8.81. The first-order valence-corrected chi connectivity index (χ1v) is 11.7. The van der Waals surface area contributed by atoms with E-state index in [9.17, 15) is 9.59 Å². The molecular formula is C27H29BrN2O3. The normalized spacial score (nSPS) is 11.1. The zero-order chi connectivity index (χ0) is 24.0. The Balaban J connectivity index is 1.58. The first-order valence-electron chi connectivity index (χ1n) is 10.9. The monoisotopic (exact) mass is 508 g/mol. The Morgan fingerprint density at radius 3 is 2.21 bits per heavy atom. The summed E-state index contributed by atoms with van der Waals surface area (Å²) in [5.41, 5.74) is 3.21. The Hall–Kier alpha value is -3.12. The second-order valence-electron chi connectivity index (χ2n) is 8.69. The van der Waals surface area contributed by atoms with Crippen LogP contribution < -0.4 is 15.0 Å². The molecule has 0 aliphatic rings. The summed E-state index contributed by atoms with van der Waals surface area (Å²) >= 11 is 3.52. The highest BCUT2D eigenvalue weighted by atomic mass is 79.9. The molecule has 0 saturated carbocycles. The van der Waals surface area contributed by atoms with Crippen molar-refractivity contribution < 1.29 is 14.3 Å². The largest absolute Gasteiger partial charge is 0.483 e. The molecule has 1 N–H and O–H groups in total. The van der Waals surface area contributed by atoms with Crippen LogP contribution in [0.4, 0.5) is 11.4 Å². The lowest BCUT2D eigenvalue weighted by Crippen LogP contribution is -2.30. The quantitative estimate of drug-likeness (QED) is 0.399. The summed E-state index contributed by atoms with van der Waals surface area (Å²) in [5.74, 6) is 0.244. The third-order valence-electron chi connectivity index (χ3n) is 5.20. The molecule has 3 aromatic rings. The number of ether oxygens (including phenoxy) is 1. The molecule has 0 unspecified atom stereocenters. The van der Waals surface area contributed by atoms with Crippen molar-refractivity contribution in [3.8, 4) is 5.75 Å². The summed E-state index contributed by atoms with van der Waals surface area (Å²) < 4.78 is 6.49. The topological polar surface area (TPSA) is 58.6 Å².